The molecule has 0 aromatic carbocycles. The van der Waals surface area contributed by atoms with E-state index < -0.39 is 0 Å². The summed E-state index contributed by atoms with van der Waals surface area (Å²) >= 11 is 1.61. The molecular weight excluding hydrogens is 190 g/mol. The predicted molar refractivity (Wildman–Crippen MR) is 77.8 cm³/mol. The Morgan fingerprint density at radius 2 is 1.21 bits per heavy atom. The van der Waals surface area contributed by atoms with Crippen LogP contribution in [0.2, 0.25) is 0 Å². The van der Waals surface area contributed by atoms with Gasteiger partial charge in [-0.05, 0) is 13.2 Å². The highest BCUT2D eigenvalue weighted by atomic mass is 32.2. The van der Waals surface area contributed by atoms with Gasteiger partial charge < -0.3 is 0 Å². The van der Waals surface area contributed by atoms with E-state index in [0.29, 0.717) is 0 Å². The maximum Gasteiger partial charge on any atom is 0.0534 e. The number of aliphatic imine (C=N–C) groups is 1. The average Bonchev–Trinajstić information content (AvgIpc) is 2.29. The number of allylic oxidation sites excluding steroid dienone is 1. The molecule has 0 aliphatic rings. The van der Waals surface area contributed by atoms with Gasteiger partial charge in [-0.2, -0.15) is 0 Å². The van der Waals surface area contributed by atoms with Crippen molar-refractivity contribution in [3.05, 3.63) is 12.7 Å². The summed E-state index contributed by atoms with van der Waals surface area (Å²) in [6.07, 6.45) is 3.73. The SMILES string of the molecule is C=CC.CC.CC.CC.CN=CSC. The van der Waals surface area contributed by atoms with Gasteiger partial charge >= 0.3 is 0 Å². The monoisotopic (exact) mass is 221 g/mol. The summed E-state index contributed by atoms with van der Waals surface area (Å²) in [6.45, 7) is 17.2. The standard InChI is InChI=1S/C3H7NS.C3H6.3C2H6/c1-4-3-5-2;1-3-2;3*1-2/h3H,1-2H3;3H,1H2,2H3;3*1-2H3. The highest BCUT2D eigenvalue weighted by Crippen LogP contribution is 1.78. The highest BCUT2D eigenvalue weighted by molar-refractivity contribution is 8.11. The van der Waals surface area contributed by atoms with E-state index >= 15 is 0 Å². The lowest BCUT2D eigenvalue weighted by atomic mass is 10.8. The molecule has 0 N–H and O–H groups in total. The molecular formula is C12H31NS. The molecule has 0 aromatic heterocycles. The van der Waals surface area contributed by atoms with Gasteiger partial charge in [0, 0.05) is 7.05 Å². The Hall–Kier alpha value is -0.240. The number of hydrogen-bond acceptors (Lipinski definition) is 2. The number of hydrogen-bond donors (Lipinski definition) is 0. The Bertz CT molecular complexity index is 61.3. The minimum atomic E-state index is 1.61. The summed E-state index contributed by atoms with van der Waals surface area (Å²) < 4.78 is 0. The van der Waals surface area contributed by atoms with Crippen LogP contribution in [0.25, 0.3) is 0 Å². The summed E-state index contributed by atoms with van der Waals surface area (Å²) in [7, 11) is 1.76. The second kappa shape index (κ2) is 125. The fraction of sp³-hybridized carbons (Fsp3) is 0.750. The van der Waals surface area contributed by atoms with Crippen molar-refractivity contribution in [3.63, 3.8) is 0 Å². The molecule has 0 amide bonds. The Balaban J connectivity index is -0.0000000263. The van der Waals surface area contributed by atoms with Crippen molar-refractivity contribution in [1.29, 1.82) is 0 Å². The quantitative estimate of drug-likeness (QED) is 0.333. The van der Waals surface area contributed by atoms with Crippen LogP contribution in [0.4, 0.5) is 0 Å². The van der Waals surface area contributed by atoms with Crippen molar-refractivity contribution in [3.8, 4) is 0 Å². The van der Waals surface area contributed by atoms with Crippen LogP contribution < -0.4 is 0 Å². The summed E-state index contributed by atoms with van der Waals surface area (Å²) in [5.41, 5.74) is 1.79. The van der Waals surface area contributed by atoms with Crippen LogP contribution in [-0.4, -0.2) is 18.9 Å². The first-order valence-corrected chi connectivity index (χ1v) is 6.62. The lowest BCUT2D eigenvalue weighted by molar-refractivity contribution is 1.49. The topological polar surface area (TPSA) is 12.4 Å². The van der Waals surface area contributed by atoms with E-state index in [2.05, 4.69) is 11.6 Å². The van der Waals surface area contributed by atoms with Gasteiger partial charge in [0.25, 0.3) is 0 Å². The van der Waals surface area contributed by atoms with E-state index in [0.717, 1.165) is 0 Å². The van der Waals surface area contributed by atoms with Gasteiger partial charge in [0.2, 0.25) is 0 Å². The third-order valence-corrected chi connectivity index (χ3v) is 0.632. The molecule has 0 rings (SSSR count). The van der Waals surface area contributed by atoms with E-state index in [1.54, 1.807) is 30.4 Å². The van der Waals surface area contributed by atoms with Crippen molar-refractivity contribution in [2.45, 2.75) is 48.5 Å². The molecule has 0 aliphatic carbocycles. The molecule has 0 saturated carbocycles. The van der Waals surface area contributed by atoms with Gasteiger partial charge in [-0.15, -0.1) is 18.3 Å². The Morgan fingerprint density at radius 1 is 1.00 bits per heavy atom. The van der Waals surface area contributed by atoms with Crippen LogP contribution in [0.1, 0.15) is 48.5 Å². The number of rotatable bonds is 1. The molecule has 0 aliphatic heterocycles. The summed E-state index contributed by atoms with van der Waals surface area (Å²) in [4.78, 5) is 3.69. The zero-order chi connectivity index (χ0) is 12.8. The predicted octanol–water partition coefficient (Wildman–Crippen LogP) is 5.28. The van der Waals surface area contributed by atoms with Crippen LogP contribution >= 0.6 is 11.8 Å². The third kappa shape index (κ3) is 440. The Labute approximate surface area is 97.1 Å². The van der Waals surface area contributed by atoms with Crippen molar-refractivity contribution in [2.24, 2.45) is 4.99 Å². The molecule has 0 unspecified atom stereocenters. The van der Waals surface area contributed by atoms with Gasteiger partial charge in [-0.1, -0.05) is 47.6 Å². The molecule has 90 valence electrons. The second-order valence-corrected chi connectivity index (χ2v) is 1.69. The molecule has 0 aromatic rings. The molecule has 14 heavy (non-hydrogen) atoms. The van der Waals surface area contributed by atoms with E-state index in [1.807, 2.05) is 54.7 Å². The average molecular weight is 221 g/mol. The maximum absolute atomic E-state index is 3.69. The molecule has 0 atom stereocenters. The Kier molecular flexibility index (Phi) is 260. The molecule has 0 saturated heterocycles. The zero-order valence-electron chi connectivity index (χ0n) is 11.7. The van der Waals surface area contributed by atoms with Gasteiger partial charge in [0.1, 0.15) is 0 Å². The smallest absolute Gasteiger partial charge is 0.0534 e. The van der Waals surface area contributed by atoms with Gasteiger partial charge in [0.05, 0.1) is 5.55 Å². The number of nitrogens with zero attached hydrogens (tertiary/aromatic N) is 1. The first-order chi connectivity index (χ1) is 6.83. The third-order valence-electron chi connectivity index (χ3n) is 0.211. The van der Waals surface area contributed by atoms with Crippen molar-refractivity contribution in [1.82, 2.24) is 0 Å². The zero-order valence-corrected chi connectivity index (χ0v) is 12.5. The van der Waals surface area contributed by atoms with Crippen LogP contribution in [0.5, 0.6) is 0 Å². The molecule has 0 radical (unpaired) electrons. The highest BCUT2D eigenvalue weighted by Gasteiger charge is 1.52. The molecule has 2 heteroatoms. The summed E-state index contributed by atoms with van der Waals surface area (Å²) in [5.74, 6) is 0. The van der Waals surface area contributed by atoms with Crippen molar-refractivity contribution < 1.29 is 0 Å². The minimum absolute atomic E-state index is 1.61. The van der Waals surface area contributed by atoms with Gasteiger partial charge in [-0.3, -0.25) is 4.99 Å². The van der Waals surface area contributed by atoms with Crippen LogP contribution in [0.15, 0.2) is 17.6 Å². The number of thioether (sulfide) groups is 1. The van der Waals surface area contributed by atoms with Gasteiger partial charge in [0.15, 0.2) is 0 Å². The van der Waals surface area contributed by atoms with Crippen LogP contribution in [0.3, 0.4) is 0 Å². The fourth-order valence-corrected chi connectivity index (χ4v) is 0.316. The van der Waals surface area contributed by atoms with Crippen LogP contribution in [-0.2, 0) is 0 Å². The largest absolute Gasteiger partial charge is 0.290 e. The first-order valence-electron chi connectivity index (χ1n) is 5.33. The first kappa shape index (κ1) is 29.2. The van der Waals surface area contributed by atoms with E-state index in [1.165, 1.54) is 0 Å². The fourth-order valence-electron chi connectivity index (χ4n) is 0.105. The summed E-state index contributed by atoms with van der Waals surface area (Å²) in [5, 5.41) is 0. The van der Waals surface area contributed by atoms with Gasteiger partial charge in [-0.25, -0.2) is 0 Å². The maximum atomic E-state index is 3.69. The lowest BCUT2D eigenvalue weighted by Gasteiger charge is -1.66. The second-order valence-electron chi connectivity index (χ2n) is 1.01. The van der Waals surface area contributed by atoms with E-state index in [4.69, 9.17) is 0 Å². The van der Waals surface area contributed by atoms with Crippen LogP contribution in [0, 0.1) is 0 Å². The van der Waals surface area contributed by atoms with E-state index in [-0.39, 0.29) is 0 Å². The normalized spacial score (nSPS) is 5.79. The lowest BCUT2D eigenvalue weighted by Crippen LogP contribution is -1.52. The molecule has 1 nitrogen and oxygen atoms in total. The minimum Gasteiger partial charge on any atom is -0.290 e. The Morgan fingerprint density at radius 3 is 1.21 bits per heavy atom. The van der Waals surface area contributed by atoms with Crippen molar-refractivity contribution in [2.75, 3.05) is 13.3 Å². The van der Waals surface area contributed by atoms with Crippen molar-refractivity contribution >= 4 is 17.3 Å². The molecule has 0 heterocycles. The molecule has 0 spiro atoms. The summed E-state index contributed by atoms with van der Waals surface area (Å²) in [6, 6.07) is 0. The molecule has 0 fully saturated rings. The van der Waals surface area contributed by atoms with E-state index in [9.17, 15) is 0 Å². The molecule has 0 bridgehead atoms.